The third-order valence-corrected chi connectivity index (χ3v) is 6.45. The number of ether oxygens (including phenoxy) is 5. The number of hydrogen-bond donors (Lipinski definition) is 3. The molecule has 0 amide bonds. The summed E-state index contributed by atoms with van der Waals surface area (Å²) in [4.78, 5) is 38.1. The topological polar surface area (TPSA) is 158 Å². The van der Waals surface area contributed by atoms with Crippen LogP contribution in [-0.2, 0) is 38.1 Å². The number of carbonyl (C=O) groups is 3. The van der Waals surface area contributed by atoms with Crippen LogP contribution >= 0.6 is 0 Å². The number of Topliss-reactive ketones (excluding diaryl/α,β-unsaturated/α-hetero) is 1. The zero-order chi connectivity index (χ0) is 22.5. The summed E-state index contributed by atoms with van der Waals surface area (Å²) >= 11 is 0. The molecule has 31 heavy (non-hydrogen) atoms. The van der Waals surface area contributed by atoms with Crippen molar-refractivity contribution in [3.8, 4) is 0 Å². The number of aliphatic hydroxyl groups is 3. The molecule has 3 unspecified atom stereocenters. The number of ketones is 1. The average molecular weight is 442 g/mol. The maximum absolute atomic E-state index is 13.1. The van der Waals surface area contributed by atoms with Gasteiger partial charge < -0.3 is 39.0 Å². The van der Waals surface area contributed by atoms with Crippen LogP contribution in [0, 0.1) is 11.3 Å². The molecule has 0 aromatic rings. The van der Waals surface area contributed by atoms with Gasteiger partial charge in [-0.25, -0.2) is 4.79 Å². The van der Waals surface area contributed by atoms with Crippen LogP contribution < -0.4 is 0 Å². The number of esters is 2. The van der Waals surface area contributed by atoms with Crippen LogP contribution in [0.4, 0.5) is 0 Å². The molecule has 11 nitrogen and oxygen atoms in total. The maximum atomic E-state index is 13.1. The van der Waals surface area contributed by atoms with E-state index in [9.17, 15) is 29.7 Å². The van der Waals surface area contributed by atoms with E-state index in [0.717, 1.165) is 0 Å². The van der Waals surface area contributed by atoms with E-state index in [2.05, 4.69) is 0 Å². The van der Waals surface area contributed by atoms with Gasteiger partial charge in [-0.2, -0.15) is 0 Å². The van der Waals surface area contributed by atoms with Gasteiger partial charge in [0.05, 0.1) is 25.4 Å². The third kappa shape index (κ3) is 3.64. The predicted molar refractivity (Wildman–Crippen MR) is 98.0 cm³/mol. The fourth-order valence-corrected chi connectivity index (χ4v) is 4.50. The molecule has 4 aliphatic rings. The van der Waals surface area contributed by atoms with Gasteiger partial charge in [0, 0.05) is 17.9 Å². The first kappa shape index (κ1) is 22.2. The molecule has 0 aromatic heterocycles. The Morgan fingerprint density at radius 1 is 1.03 bits per heavy atom. The van der Waals surface area contributed by atoms with Crippen LogP contribution in [0.25, 0.3) is 0 Å². The minimum atomic E-state index is -1.63. The smallest absolute Gasteiger partial charge is 0.374 e. The van der Waals surface area contributed by atoms with Crippen molar-refractivity contribution in [2.24, 2.45) is 11.3 Å². The van der Waals surface area contributed by atoms with E-state index in [1.54, 1.807) is 6.92 Å². The monoisotopic (exact) mass is 442 g/mol. The zero-order valence-corrected chi connectivity index (χ0v) is 17.2. The number of fused-ring (bicyclic) bond motifs is 1. The SMILES string of the molecule is CC1CC(=O)C2(CC3=C(O[C@@H]4O[C@@H](C)[C@H](O)[C@@H](O)[C@H]4O)C(=O)OC3)C(=O)OCC2CO1. The van der Waals surface area contributed by atoms with Gasteiger partial charge in [0.15, 0.2) is 5.78 Å². The lowest BCUT2D eigenvalue weighted by molar-refractivity contribution is -0.282. The Bertz CT molecular complexity index is 807. The first-order chi connectivity index (χ1) is 14.6. The Labute approximate surface area is 177 Å². The Balaban J connectivity index is 1.63. The lowest BCUT2D eigenvalue weighted by Gasteiger charge is -2.38. The van der Waals surface area contributed by atoms with Crippen molar-refractivity contribution in [1.82, 2.24) is 0 Å². The lowest BCUT2D eigenvalue weighted by atomic mass is 9.69. The Morgan fingerprint density at radius 3 is 2.52 bits per heavy atom. The zero-order valence-electron chi connectivity index (χ0n) is 17.2. The largest absolute Gasteiger partial charge is 0.464 e. The predicted octanol–water partition coefficient (Wildman–Crippen LogP) is -1.43. The summed E-state index contributed by atoms with van der Waals surface area (Å²) < 4.78 is 26.8. The molecule has 8 atom stereocenters. The summed E-state index contributed by atoms with van der Waals surface area (Å²) in [5.74, 6) is -2.66. The Kier molecular flexibility index (Phi) is 5.81. The number of hydrogen-bond acceptors (Lipinski definition) is 11. The molecule has 3 saturated heterocycles. The summed E-state index contributed by atoms with van der Waals surface area (Å²) in [5.41, 5.74) is -1.27. The van der Waals surface area contributed by atoms with Crippen LogP contribution in [0.15, 0.2) is 11.3 Å². The second-order valence-electron chi connectivity index (χ2n) is 8.52. The van der Waals surface area contributed by atoms with E-state index < -0.39 is 54.0 Å². The molecule has 172 valence electrons. The second kappa shape index (κ2) is 8.14. The molecule has 3 N–H and O–H groups in total. The van der Waals surface area contributed by atoms with Gasteiger partial charge in [0.1, 0.15) is 30.3 Å². The van der Waals surface area contributed by atoms with Crippen molar-refractivity contribution < 1.29 is 53.4 Å². The summed E-state index contributed by atoms with van der Waals surface area (Å²) in [6.07, 6.45) is -7.34. The van der Waals surface area contributed by atoms with Gasteiger partial charge in [0.25, 0.3) is 0 Å². The molecular formula is C20H26O11. The van der Waals surface area contributed by atoms with Crippen molar-refractivity contribution in [3.05, 3.63) is 11.3 Å². The van der Waals surface area contributed by atoms with E-state index in [1.165, 1.54) is 6.92 Å². The lowest BCUT2D eigenvalue weighted by Crippen LogP contribution is -2.57. The van der Waals surface area contributed by atoms with Crippen molar-refractivity contribution in [3.63, 3.8) is 0 Å². The molecule has 0 aromatic carbocycles. The molecule has 0 saturated carbocycles. The molecule has 0 radical (unpaired) electrons. The Hall–Kier alpha value is -2.05. The highest BCUT2D eigenvalue weighted by atomic mass is 16.7. The Morgan fingerprint density at radius 2 is 1.77 bits per heavy atom. The highest BCUT2D eigenvalue weighted by molar-refractivity contribution is 6.06. The normalized spacial score (nSPS) is 43.4. The number of carbonyl (C=O) groups excluding carboxylic acids is 3. The highest BCUT2D eigenvalue weighted by Gasteiger charge is 2.60. The number of aliphatic hydroxyl groups excluding tert-OH is 3. The van der Waals surface area contributed by atoms with Gasteiger partial charge in [-0.3, -0.25) is 9.59 Å². The van der Waals surface area contributed by atoms with Crippen molar-refractivity contribution >= 4 is 17.7 Å². The summed E-state index contributed by atoms with van der Waals surface area (Å²) in [7, 11) is 0. The van der Waals surface area contributed by atoms with E-state index in [0.29, 0.717) is 0 Å². The third-order valence-electron chi connectivity index (χ3n) is 6.45. The van der Waals surface area contributed by atoms with Crippen LogP contribution in [0.1, 0.15) is 26.7 Å². The summed E-state index contributed by atoms with van der Waals surface area (Å²) in [5, 5.41) is 30.0. The van der Waals surface area contributed by atoms with Gasteiger partial charge >= 0.3 is 11.9 Å². The van der Waals surface area contributed by atoms with Gasteiger partial charge in [-0.1, -0.05) is 0 Å². The molecule has 11 heteroatoms. The van der Waals surface area contributed by atoms with E-state index in [1.807, 2.05) is 0 Å². The van der Waals surface area contributed by atoms with Crippen molar-refractivity contribution in [2.75, 3.05) is 19.8 Å². The molecule has 0 aliphatic carbocycles. The van der Waals surface area contributed by atoms with E-state index in [-0.39, 0.29) is 55.9 Å². The molecule has 4 heterocycles. The second-order valence-corrected chi connectivity index (χ2v) is 8.52. The minimum Gasteiger partial charge on any atom is -0.464 e. The van der Waals surface area contributed by atoms with Gasteiger partial charge in [-0.15, -0.1) is 0 Å². The van der Waals surface area contributed by atoms with Gasteiger partial charge in [0.2, 0.25) is 12.0 Å². The fraction of sp³-hybridized carbons (Fsp3) is 0.750. The van der Waals surface area contributed by atoms with Crippen molar-refractivity contribution in [1.29, 1.82) is 0 Å². The summed E-state index contributed by atoms with van der Waals surface area (Å²) in [6, 6.07) is 0. The van der Waals surface area contributed by atoms with Crippen LogP contribution in [-0.4, -0.2) is 89.7 Å². The van der Waals surface area contributed by atoms with E-state index in [4.69, 9.17) is 23.7 Å². The minimum absolute atomic E-state index is 0.0237. The standard InChI is InChI=1S/C20H26O11/c1-8-3-12(21)20(11(6-27-8)7-29-19(20)26)4-10-5-28-17(25)16(10)31-18-15(24)14(23)13(22)9(2)30-18/h8-9,11,13-15,18,22-24H,3-7H2,1-2H3/t8?,9-,11?,13-,14+,15+,18-,20?/m0/s1. The molecule has 0 bridgehead atoms. The van der Waals surface area contributed by atoms with E-state index >= 15 is 0 Å². The molecular weight excluding hydrogens is 416 g/mol. The van der Waals surface area contributed by atoms with Crippen molar-refractivity contribution in [2.45, 2.75) is 63.5 Å². The number of cyclic esters (lactones) is 2. The molecule has 4 rings (SSSR count). The molecule has 4 aliphatic heterocycles. The van der Waals surface area contributed by atoms with Crippen LogP contribution in [0.5, 0.6) is 0 Å². The maximum Gasteiger partial charge on any atom is 0.374 e. The average Bonchev–Trinajstić information content (AvgIpc) is 3.19. The number of rotatable bonds is 4. The fourth-order valence-electron chi connectivity index (χ4n) is 4.50. The molecule has 0 spiro atoms. The first-order valence-electron chi connectivity index (χ1n) is 10.2. The molecule has 3 fully saturated rings. The quantitative estimate of drug-likeness (QED) is 0.346. The van der Waals surface area contributed by atoms with Crippen LogP contribution in [0.3, 0.4) is 0 Å². The summed E-state index contributed by atoms with van der Waals surface area (Å²) in [6.45, 7) is 3.20. The first-order valence-corrected chi connectivity index (χ1v) is 10.2. The van der Waals surface area contributed by atoms with Crippen LogP contribution in [0.2, 0.25) is 0 Å². The van der Waals surface area contributed by atoms with Gasteiger partial charge in [-0.05, 0) is 20.3 Å². The highest BCUT2D eigenvalue weighted by Crippen LogP contribution is 2.46.